The number of rotatable bonds is 1. The van der Waals surface area contributed by atoms with Gasteiger partial charge in [0.25, 0.3) is 0 Å². The van der Waals surface area contributed by atoms with Gasteiger partial charge in [-0.2, -0.15) is 0 Å². The molecule has 1 N–H and O–H groups in total. The van der Waals surface area contributed by atoms with Gasteiger partial charge in [-0.1, -0.05) is 30.9 Å². The maximum atomic E-state index is 9.60. The zero-order valence-corrected chi connectivity index (χ0v) is 10.1. The van der Waals surface area contributed by atoms with Crippen molar-refractivity contribution in [3.05, 3.63) is 36.5 Å². The van der Waals surface area contributed by atoms with Crippen LogP contribution in [0.3, 0.4) is 0 Å². The van der Waals surface area contributed by atoms with Crippen molar-refractivity contribution in [1.82, 2.24) is 0 Å². The molecule has 0 spiro atoms. The number of hydrogen-bond acceptors (Lipinski definition) is 1. The number of hydrogen-bond donors (Lipinski definition) is 1. The number of allylic oxidation sites excluding steroid dienone is 4. The second kappa shape index (κ2) is 10.2. The Kier molecular flexibility index (Phi) is 9.38. The molecule has 2 nitrogen and oxygen atoms in total. The lowest BCUT2D eigenvalue weighted by atomic mass is 10.4. The third-order valence-electron chi connectivity index (χ3n) is 2.18. The lowest BCUT2D eigenvalue weighted by Crippen LogP contribution is -1.92. The van der Waals surface area contributed by atoms with Gasteiger partial charge < -0.3 is 5.11 Å². The van der Waals surface area contributed by atoms with E-state index in [1.54, 1.807) is 0 Å². The Morgan fingerprint density at radius 3 is 1.31 bits per heavy atom. The number of aliphatic carboxylic acids is 1. The normalized spacial score (nSPS) is 15.8. The third-order valence-corrected chi connectivity index (χ3v) is 2.18. The van der Waals surface area contributed by atoms with E-state index in [1.165, 1.54) is 45.4 Å². The summed E-state index contributed by atoms with van der Waals surface area (Å²) in [5.74, 6) is -0.935. The first-order valence-corrected chi connectivity index (χ1v) is 5.83. The fraction of sp³-hybridized carbons (Fsp3) is 0.500. The first-order chi connectivity index (χ1) is 7.64. The SMILES string of the molecule is C1=CCCC1.C1=CCCC1.C=C(C)C(=O)O. The van der Waals surface area contributed by atoms with Crippen LogP contribution >= 0.6 is 0 Å². The summed E-state index contributed by atoms with van der Waals surface area (Å²) in [6.45, 7) is 4.60. The van der Waals surface area contributed by atoms with Crippen molar-refractivity contribution in [3.63, 3.8) is 0 Å². The summed E-state index contributed by atoms with van der Waals surface area (Å²) in [7, 11) is 0. The number of carboxylic acid groups (broad SMARTS) is 1. The maximum Gasteiger partial charge on any atom is 0.330 e. The van der Waals surface area contributed by atoms with Crippen LogP contribution in [-0.2, 0) is 4.79 Å². The van der Waals surface area contributed by atoms with Gasteiger partial charge in [0, 0.05) is 5.57 Å². The molecular formula is C14H22O2. The Hall–Kier alpha value is -1.31. The summed E-state index contributed by atoms with van der Waals surface area (Å²) in [6, 6.07) is 0. The average Bonchev–Trinajstić information content (AvgIpc) is 2.97. The van der Waals surface area contributed by atoms with E-state index < -0.39 is 5.97 Å². The van der Waals surface area contributed by atoms with E-state index in [0.717, 1.165) is 0 Å². The van der Waals surface area contributed by atoms with Crippen molar-refractivity contribution in [3.8, 4) is 0 Å². The zero-order chi connectivity index (χ0) is 12.2. The highest BCUT2D eigenvalue weighted by Gasteiger charge is 1.90. The molecule has 2 rings (SSSR count). The maximum absolute atomic E-state index is 9.60. The quantitative estimate of drug-likeness (QED) is 0.535. The van der Waals surface area contributed by atoms with E-state index in [4.69, 9.17) is 5.11 Å². The highest BCUT2D eigenvalue weighted by atomic mass is 16.4. The largest absolute Gasteiger partial charge is 0.478 e. The first-order valence-electron chi connectivity index (χ1n) is 5.83. The molecule has 0 aromatic heterocycles. The Balaban J connectivity index is 0.000000211. The van der Waals surface area contributed by atoms with Crippen molar-refractivity contribution in [2.45, 2.75) is 45.4 Å². The van der Waals surface area contributed by atoms with Crippen LogP contribution in [0.25, 0.3) is 0 Å². The highest BCUT2D eigenvalue weighted by Crippen LogP contribution is 2.05. The molecule has 0 saturated carbocycles. The minimum absolute atomic E-state index is 0.176. The topological polar surface area (TPSA) is 37.3 Å². The number of carboxylic acids is 1. The van der Waals surface area contributed by atoms with E-state index >= 15 is 0 Å². The molecule has 0 amide bonds. The Bertz CT molecular complexity index is 222. The van der Waals surface area contributed by atoms with Crippen LogP contribution in [0.15, 0.2) is 36.5 Å². The fourth-order valence-corrected chi connectivity index (χ4v) is 1.18. The van der Waals surface area contributed by atoms with E-state index in [0.29, 0.717) is 0 Å². The molecule has 0 unspecified atom stereocenters. The Morgan fingerprint density at radius 2 is 1.25 bits per heavy atom. The van der Waals surface area contributed by atoms with E-state index in [1.807, 2.05) is 0 Å². The van der Waals surface area contributed by atoms with Gasteiger partial charge in [0.05, 0.1) is 0 Å². The van der Waals surface area contributed by atoms with Gasteiger partial charge in [0.15, 0.2) is 0 Å². The van der Waals surface area contributed by atoms with Gasteiger partial charge in [-0.3, -0.25) is 0 Å². The smallest absolute Gasteiger partial charge is 0.330 e. The summed E-state index contributed by atoms with van der Waals surface area (Å²) in [4.78, 5) is 9.60. The lowest BCUT2D eigenvalue weighted by molar-refractivity contribution is -0.132. The molecule has 0 fully saturated rings. The molecule has 16 heavy (non-hydrogen) atoms. The predicted octanol–water partition coefficient (Wildman–Crippen LogP) is 4.10. The van der Waals surface area contributed by atoms with Crippen LogP contribution < -0.4 is 0 Å². The molecule has 0 atom stereocenters. The minimum Gasteiger partial charge on any atom is -0.478 e. The van der Waals surface area contributed by atoms with Crippen LogP contribution in [-0.4, -0.2) is 11.1 Å². The van der Waals surface area contributed by atoms with E-state index in [9.17, 15) is 4.79 Å². The molecule has 0 saturated heterocycles. The van der Waals surface area contributed by atoms with E-state index in [2.05, 4.69) is 30.9 Å². The van der Waals surface area contributed by atoms with Crippen LogP contribution in [0.1, 0.15) is 45.4 Å². The monoisotopic (exact) mass is 222 g/mol. The summed E-state index contributed by atoms with van der Waals surface area (Å²) in [5.41, 5.74) is 0.176. The van der Waals surface area contributed by atoms with E-state index in [-0.39, 0.29) is 5.57 Å². The van der Waals surface area contributed by atoms with Gasteiger partial charge in [-0.25, -0.2) is 4.79 Å². The van der Waals surface area contributed by atoms with Gasteiger partial charge >= 0.3 is 5.97 Å². The molecule has 0 aromatic rings. The van der Waals surface area contributed by atoms with Crippen molar-refractivity contribution < 1.29 is 9.90 Å². The van der Waals surface area contributed by atoms with Crippen LogP contribution in [0, 0.1) is 0 Å². The molecule has 0 aromatic carbocycles. The van der Waals surface area contributed by atoms with Gasteiger partial charge in [-0.15, -0.1) is 0 Å². The number of carbonyl (C=O) groups is 1. The summed E-state index contributed by atoms with van der Waals surface area (Å²) in [5, 5.41) is 7.89. The minimum atomic E-state index is -0.935. The lowest BCUT2D eigenvalue weighted by Gasteiger charge is -1.79. The molecule has 2 heteroatoms. The van der Waals surface area contributed by atoms with Crippen molar-refractivity contribution in [2.24, 2.45) is 0 Å². The predicted molar refractivity (Wildman–Crippen MR) is 68.4 cm³/mol. The molecule has 0 heterocycles. The van der Waals surface area contributed by atoms with Crippen molar-refractivity contribution in [2.75, 3.05) is 0 Å². The van der Waals surface area contributed by atoms with Gasteiger partial charge in [0.1, 0.15) is 0 Å². The molecular weight excluding hydrogens is 200 g/mol. The molecule has 0 aliphatic heterocycles. The molecule has 2 aliphatic carbocycles. The van der Waals surface area contributed by atoms with Crippen LogP contribution in [0.4, 0.5) is 0 Å². The average molecular weight is 222 g/mol. The van der Waals surface area contributed by atoms with Crippen molar-refractivity contribution >= 4 is 5.97 Å². The van der Waals surface area contributed by atoms with Crippen LogP contribution in [0.2, 0.25) is 0 Å². The fourth-order valence-electron chi connectivity index (χ4n) is 1.18. The highest BCUT2D eigenvalue weighted by molar-refractivity contribution is 5.84. The third kappa shape index (κ3) is 10.8. The zero-order valence-electron chi connectivity index (χ0n) is 10.1. The Morgan fingerprint density at radius 1 is 1.00 bits per heavy atom. The van der Waals surface area contributed by atoms with Gasteiger partial charge in [-0.05, 0) is 45.4 Å². The molecule has 90 valence electrons. The molecule has 2 aliphatic rings. The summed E-state index contributed by atoms with van der Waals surface area (Å²) < 4.78 is 0. The van der Waals surface area contributed by atoms with Crippen LogP contribution in [0.5, 0.6) is 0 Å². The summed E-state index contributed by atoms with van der Waals surface area (Å²) in [6.07, 6.45) is 17.0. The second-order valence-corrected chi connectivity index (χ2v) is 3.89. The second-order valence-electron chi connectivity index (χ2n) is 3.89. The first kappa shape index (κ1) is 14.7. The standard InChI is InChI=1S/2C5H8.C4H6O2/c2*1-2-4-5-3-1;1-3(2)4(5)6/h2*1-2H,3-5H2;1H2,2H3,(H,5,6). The Labute approximate surface area is 98.4 Å². The molecule has 0 bridgehead atoms. The summed E-state index contributed by atoms with van der Waals surface area (Å²) >= 11 is 0. The molecule has 0 radical (unpaired) electrons. The van der Waals surface area contributed by atoms with Gasteiger partial charge in [0.2, 0.25) is 0 Å². The van der Waals surface area contributed by atoms with Crippen molar-refractivity contribution in [1.29, 1.82) is 0 Å².